The highest BCUT2D eigenvalue weighted by Gasteiger charge is 2.00. The highest BCUT2D eigenvalue weighted by molar-refractivity contribution is 5.80. The fraction of sp³-hybridized carbons (Fsp3) is 0.625. The minimum Gasteiger partial charge on any atom is -0.289 e. The van der Waals surface area contributed by atoms with Crippen molar-refractivity contribution in [3.63, 3.8) is 0 Å². The van der Waals surface area contributed by atoms with Crippen LogP contribution in [-0.4, -0.2) is 12.8 Å². The van der Waals surface area contributed by atoms with E-state index in [0.29, 0.717) is 0 Å². The van der Waals surface area contributed by atoms with Crippen LogP contribution < -0.4 is 0 Å². The molecule has 0 N–H and O–H groups in total. The lowest BCUT2D eigenvalue weighted by Gasteiger charge is -2.00. The molecule has 1 aliphatic heterocycles. The van der Waals surface area contributed by atoms with Crippen molar-refractivity contribution >= 4 is 6.21 Å². The zero-order chi connectivity index (χ0) is 6.69. The molecule has 0 radical (unpaired) electrons. The van der Waals surface area contributed by atoms with Gasteiger partial charge >= 0.3 is 0 Å². The highest BCUT2D eigenvalue weighted by Crippen LogP contribution is 2.10. The number of nitrogens with zero attached hydrogens (tertiary/aromatic N) is 1. The number of aliphatic imine (C=N–C) groups is 1. The molecule has 0 aromatic heterocycles. The van der Waals surface area contributed by atoms with Crippen LogP contribution in [0.5, 0.6) is 0 Å². The van der Waals surface area contributed by atoms with Gasteiger partial charge in [0.2, 0.25) is 0 Å². The maximum atomic E-state index is 4.10. The van der Waals surface area contributed by atoms with Gasteiger partial charge in [-0.2, -0.15) is 0 Å². The summed E-state index contributed by atoms with van der Waals surface area (Å²) in [5.74, 6) is 0.765. The smallest absolute Gasteiger partial charge is 0.0576 e. The average Bonchev–Trinajstić information content (AvgIpc) is 2.15. The normalized spacial score (nSPS) is 17.0. The molecule has 0 spiro atoms. The van der Waals surface area contributed by atoms with Crippen molar-refractivity contribution in [1.82, 2.24) is 0 Å². The number of allylic oxidation sites excluding steroid dienone is 1. The first-order valence-electron chi connectivity index (χ1n) is 3.48. The van der Waals surface area contributed by atoms with E-state index in [9.17, 15) is 0 Å². The largest absolute Gasteiger partial charge is 0.289 e. The zero-order valence-corrected chi connectivity index (χ0v) is 6.09. The van der Waals surface area contributed by atoms with Gasteiger partial charge in [0, 0.05) is 6.21 Å². The topological polar surface area (TPSA) is 12.4 Å². The Labute approximate surface area is 56.5 Å². The van der Waals surface area contributed by atoms with Gasteiger partial charge in [-0.05, 0) is 17.9 Å². The van der Waals surface area contributed by atoms with Gasteiger partial charge in [-0.3, -0.25) is 4.99 Å². The molecular weight excluding hydrogens is 110 g/mol. The van der Waals surface area contributed by atoms with Crippen LogP contribution in [-0.2, 0) is 0 Å². The van der Waals surface area contributed by atoms with Crippen molar-refractivity contribution in [3.8, 4) is 0 Å². The van der Waals surface area contributed by atoms with Crippen LogP contribution in [0.15, 0.2) is 16.6 Å². The molecule has 1 heteroatoms. The molecule has 0 fully saturated rings. The first-order valence-corrected chi connectivity index (χ1v) is 3.48. The predicted molar refractivity (Wildman–Crippen MR) is 40.9 cm³/mol. The molecule has 0 atom stereocenters. The van der Waals surface area contributed by atoms with E-state index in [1.54, 1.807) is 0 Å². The van der Waals surface area contributed by atoms with Gasteiger partial charge < -0.3 is 0 Å². The van der Waals surface area contributed by atoms with Gasteiger partial charge in [0.1, 0.15) is 0 Å². The molecule has 0 amide bonds. The Kier molecular flexibility index (Phi) is 2.04. The summed E-state index contributed by atoms with van der Waals surface area (Å²) in [6.45, 7) is 5.36. The summed E-state index contributed by atoms with van der Waals surface area (Å²) in [5, 5.41) is 0. The molecule has 0 saturated heterocycles. The molecule has 0 bridgehead atoms. The summed E-state index contributed by atoms with van der Waals surface area (Å²) < 4.78 is 0. The first kappa shape index (κ1) is 6.53. The molecular formula is C8H13N. The lowest BCUT2D eigenvalue weighted by Crippen LogP contribution is -1.89. The molecule has 1 nitrogen and oxygen atoms in total. The van der Waals surface area contributed by atoms with E-state index >= 15 is 0 Å². The van der Waals surface area contributed by atoms with Gasteiger partial charge in [0.25, 0.3) is 0 Å². The molecule has 50 valence electrons. The fourth-order valence-electron chi connectivity index (χ4n) is 1.00. The maximum absolute atomic E-state index is 4.10. The van der Waals surface area contributed by atoms with E-state index < -0.39 is 0 Å². The van der Waals surface area contributed by atoms with E-state index in [1.807, 2.05) is 6.21 Å². The Hall–Kier alpha value is -0.590. The fourth-order valence-corrected chi connectivity index (χ4v) is 1.00. The van der Waals surface area contributed by atoms with Crippen molar-refractivity contribution in [2.45, 2.75) is 20.3 Å². The summed E-state index contributed by atoms with van der Waals surface area (Å²) in [7, 11) is 0. The Balaban J connectivity index is 2.35. The highest BCUT2D eigenvalue weighted by atomic mass is 14.7. The summed E-state index contributed by atoms with van der Waals surface area (Å²) in [5.41, 5.74) is 1.41. The Bertz CT molecular complexity index is 143. The van der Waals surface area contributed by atoms with Crippen LogP contribution in [0.1, 0.15) is 20.3 Å². The third kappa shape index (κ3) is 2.00. The lowest BCUT2D eigenvalue weighted by molar-refractivity contribution is 0.655. The molecule has 1 heterocycles. The summed E-state index contributed by atoms with van der Waals surface area (Å²) in [4.78, 5) is 4.10. The van der Waals surface area contributed by atoms with E-state index in [4.69, 9.17) is 0 Å². The van der Waals surface area contributed by atoms with E-state index in [0.717, 1.165) is 12.5 Å². The Morgan fingerprint density at radius 2 is 2.44 bits per heavy atom. The van der Waals surface area contributed by atoms with Gasteiger partial charge in [-0.15, -0.1) is 0 Å². The second-order valence-electron chi connectivity index (χ2n) is 2.87. The van der Waals surface area contributed by atoms with E-state index in [-0.39, 0.29) is 0 Å². The second kappa shape index (κ2) is 2.81. The summed E-state index contributed by atoms with van der Waals surface area (Å²) in [6, 6.07) is 0. The summed E-state index contributed by atoms with van der Waals surface area (Å²) >= 11 is 0. The third-order valence-electron chi connectivity index (χ3n) is 1.36. The van der Waals surface area contributed by atoms with Gasteiger partial charge in [0.15, 0.2) is 0 Å². The molecule has 0 aromatic carbocycles. The van der Waals surface area contributed by atoms with E-state index in [2.05, 4.69) is 24.9 Å². The molecule has 0 aromatic rings. The SMILES string of the molecule is CC(C)CC1=CCN=C1. The van der Waals surface area contributed by atoms with Crippen LogP contribution in [0.2, 0.25) is 0 Å². The summed E-state index contributed by atoms with van der Waals surface area (Å²) in [6.07, 6.45) is 5.36. The second-order valence-corrected chi connectivity index (χ2v) is 2.87. The van der Waals surface area contributed by atoms with Gasteiger partial charge in [0.05, 0.1) is 6.54 Å². The molecule has 1 aliphatic rings. The van der Waals surface area contributed by atoms with Crippen LogP contribution in [0.4, 0.5) is 0 Å². The number of hydrogen-bond donors (Lipinski definition) is 0. The minimum atomic E-state index is 0.765. The number of rotatable bonds is 2. The molecule has 0 aliphatic carbocycles. The van der Waals surface area contributed by atoms with E-state index in [1.165, 1.54) is 12.0 Å². The number of hydrogen-bond acceptors (Lipinski definition) is 1. The molecule has 0 unspecified atom stereocenters. The van der Waals surface area contributed by atoms with Crippen molar-refractivity contribution in [2.75, 3.05) is 6.54 Å². The monoisotopic (exact) mass is 123 g/mol. The van der Waals surface area contributed by atoms with Gasteiger partial charge in [-0.25, -0.2) is 0 Å². The molecule has 1 rings (SSSR count). The quantitative estimate of drug-likeness (QED) is 0.533. The average molecular weight is 123 g/mol. The predicted octanol–water partition coefficient (Wildman–Crippen LogP) is 2.04. The molecule has 9 heavy (non-hydrogen) atoms. The zero-order valence-electron chi connectivity index (χ0n) is 6.09. The van der Waals surface area contributed by atoms with Crippen molar-refractivity contribution < 1.29 is 0 Å². The van der Waals surface area contributed by atoms with Crippen molar-refractivity contribution in [2.24, 2.45) is 10.9 Å². The van der Waals surface area contributed by atoms with Crippen molar-refractivity contribution in [1.29, 1.82) is 0 Å². The Morgan fingerprint density at radius 3 is 2.89 bits per heavy atom. The maximum Gasteiger partial charge on any atom is 0.0576 e. The van der Waals surface area contributed by atoms with Gasteiger partial charge in [-0.1, -0.05) is 19.9 Å². The third-order valence-corrected chi connectivity index (χ3v) is 1.36. The van der Waals surface area contributed by atoms with Crippen molar-refractivity contribution in [3.05, 3.63) is 11.6 Å². The first-order chi connectivity index (χ1) is 4.29. The van der Waals surface area contributed by atoms with Crippen LogP contribution in [0.25, 0.3) is 0 Å². The lowest BCUT2D eigenvalue weighted by atomic mass is 10.0. The van der Waals surface area contributed by atoms with Crippen LogP contribution in [0, 0.1) is 5.92 Å². The minimum absolute atomic E-state index is 0.765. The Morgan fingerprint density at radius 1 is 1.67 bits per heavy atom. The van der Waals surface area contributed by atoms with Crippen LogP contribution in [0.3, 0.4) is 0 Å². The van der Waals surface area contributed by atoms with Crippen LogP contribution >= 0.6 is 0 Å². The molecule has 0 saturated carbocycles. The standard InChI is InChI=1S/C8H13N/c1-7(2)5-8-3-4-9-6-8/h3,6-7H,4-5H2,1-2H3.